The van der Waals surface area contributed by atoms with Crippen molar-refractivity contribution in [2.24, 2.45) is 34.5 Å². The van der Waals surface area contributed by atoms with Gasteiger partial charge in [-0.15, -0.1) is 0 Å². The fraction of sp³-hybridized carbons (Fsp3) is 0.500. The lowest BCUT2D eigenvalue weighted by Crippen LogP contribution is -2.57. The molecule has 2 saturated carbocycles. The highest BCUT2D eigenvalue weighted by atomic mass is 16.2. The number of nitrogens with one attached hydrogen (secondary N) is 2. The zero-order valence-electron chi connectivity index (χ0n) is 21.3. The second-order valence-corrected chi connectivity index (χ2v) is 12.5. The molecule has 186 valence electrons. The molecule has 0 bridgehead atoms. The van der Waals surface area contributed by atoms with Crippen molar-refractivity contribution in [3.05, 3.63) is 71.4 Å². The third kappa shape index (κ3) is 2.99. The maximum atomic E-state index is 14.0. The van der Waals surface area contributed by atoms with Gasteiger partial charge >= 0.3 is 0 Å². The van der Waals surface area contributed by atoms with E-state index in [4.69, 9.17) is 0 Å². The molecule has 3 fully saturated rings. The van der Waals surface area contributed by atoms with Crippen molar-refractivity contribution in [2.45, 2.75) is 58.4 Å². The monoisotopic (exact) mass is 480 g/mol. The van der Waals surface area contributed by atoms with Crippen LogP contribution in [0.4, 0.5) is 0 Å². The van der Waals surface area contributed by atoms with Gasteiger partial charge in [0.1, 0.15) is 0 Å². The minimum Gasteiger partial charge on any atom is -0.387 e. The van der Waals surface area contributed by atoms with Crippen LogP contribution in [0.2, 0.25) is 0 Å². The van der Waals surface area contributed by atoms with Crippen molar-refractivity contribution >= 4 is 11.7 Å². The lowest BCUT2D eigenvalue weighted by atomic mass is 9.50. The number of hydrogen-bond acceptors (Lipinski definition) is 3. The quantitative estimate of drug-likeness (QED) is 0.572. The molecule has 1 heterocycles. The van der Waals surface area contributed by atoms with Gasteiger partial charge in [0.15, 0.2) is 5.78 Å². The zero-order chi connectivity index (χ0) is 24.7. The Morgan fingerprint density at radius 3 is 2.33 bits per heavy atom. The van der Waals surface area contributed by atoms with Gasteiger partial charge in [0, 0.05) is 36.1 Å². The summed E-state index contributed by atoms with van der Waals surface area (Å²) in [4.78, 5) is 26.1. The van der Waals surface area contributed by atoms with Crippen molar-refractivity contribution in [3.8, 4) is 11.1 Å². The molecule has 2 N–H and O–H groups in total. The van der Waals surface area contributed by atoms with Crippen LogP contribution in [0, 0.1) is 34.5 Å². The first-order valence-electron chi connectivity index (χ1n) is 13.9. The molecule has 2 aromatic rings. The Labute approximate surface area is 213 Å². The van der Waals surface area contributed by atoms with E-state index in [1.165, 1.54) is 28.0 Å². The predicted molar refractivity (Wildman–Crippen MR) is 141 cm³/mol. The van der Waals surface area contributed by atoms with Crippen molar-refractivity contribution in [2.75, 3.05) is 6.54 Å². The van der Waals surface area contributed by atoms with Gasteiger partial charge in [-0.3, -0.25) is 9.59 Å². The van der Waals surface area contributed by atoms with Gasteiger partial charge in [0.05, 0.1) is 6.04 Å². The van der Waals surface area contributed by atoms with E-state index in [-0.39, 0.29) is 34.5 Å². The lowest BCUT2D eigenvalue weighted by molar-refractivity contribution is -0.133. The molecule has 4 nitrogen and oxygen atoms in total. The Balaban J connectivity index is 1.15. The Kier molecular flexibility index (Phi) is 4.84. The molecule has 0 spiro atoms. The summed E-state index contributed by atoms with van der Waals surface area (Å²) >= 11 is 0. The number of piperidine rings is 1. The first-order valence-corrected chi connectivity index (χ1v) is 13.9. The molecular formula is C32H36N2O2. The molecule has 1 amide bonds. The average Bonchev–Trinajstić information content (AvgIpc) is 3.40. The fourth-order valence-electron chi connectivity index (χ4n) is 9.13. The average molecular weight is 481 g/mol. The maximum absolute atomic E-state index is 14.0. The van der Waals surface area contributed by atoms with Gasteiger partial charge < -0.3 is 10.6 Å². The number of benzene rings is 2. The van der Waals surface area contributed by atoms with Crippen LogP contribution in [0.25, 0.3) is 11.1 Å². The van der Waals surface area contributed by atoms with E-state index in [0.29, 0.717) is 24.2 Å². The topological polar surface area (TPSA) is 58.2 Å². The molecular weight excluding hydrogens is 444 g/mol. The van der Waals surface area contributed by atoms with E-state index in [1.807, 2.05) is 6.08 Å². The molecule has 1 aliphatic heterocycles. The number of fused-ring (bicyclic) bond motifs is 8. The third-order valence-corrected chi connectivity index (χ3v) is 11.0. The molecule has 1 saturated heterocycles. The summed E-state index contributed by atoms with van der Waals surface area (Å²) in [5.41, 5.74) is 6.20. The van der Waals surface area contributed by atoms with Crippen LogP contribution in [-0.4, -0.2) is 18.2 Å². The molecule has 6 atom stereocenters. The summed E-state index contributed by atoms with van der Waals surface area (Å²) in [6, 6.07) is 16.9. The smallest absolute Gasteiger partial charge is 0.224 e. The van der Waals surface area contributed by atoms with Crippen molar-refractivity contribution in [1.29, 1.82) is 0 Å². The van der Waals surface area contributed by atoms with Crippen molar-refractivity contribution in [1.82, 2.24) is 10.6 Å². The largest absolute Gasteiger partial charge is 0.387 e. The number of rotatable bonds is 2. The Morgan fingerprint density at radius 1 is 0.917 bits per heavy atom. The van der Waals surface area contributed by atoms with Crippen LogP contribution < -0.4 is 10.6 Å². The molecule has 7 rings (SSSR count). The van der Waals surface area contributed by atoms with E-state index in [0.717, 1.165) is 38.6 Å². The van der Waals surface area contributed by atoms with Crippen LogP contribution in [0.15, 0.2) is 60.3 Å². The highest BCUT2D eigenvalue weighted by Gasteiger charge is 2.60. The molecule has 0 aromatic heterocycles. The van der Waals surface area contributed by atoms with Gasteiger partial charge in [-0.1, -0.05) is 62.4 Å². The minimum atomic E-state index is -0.0633. The van der Waals surface area contributed by atoms with Gasteiger partial charge in [-0.2, -0.15) is 0 Å². The summed E-state index contributed by atoms with van der Waals surface area (Å²) in [6.07, 6.45) is 7.87. The molecule has 4 aliphatic carbocycles. The fourth-order valence-corrected chi connectivity index (χ4v) is 9.13. The van der Waals surface area contributed by atoms with Gasteiger partial charge in [-0.25, -0.2) is 0 Å². The van der Waals surface area contributed by atoms with E-state index in [1.54, 1.807) is 0 Å². The number of carbonyl (C=O) groups excluding carboxylic acids is 2. The second kappa shape index (κ2) is 7.81. The summed E-state index contributed by atoms with van der Waals surface area (Å²) in [5.74, 6) is 2.28. The molecule has 0 radical (unpaired) electrons. The number of carbonyl (C=O) groups is 2. The van der Waals surface area contributed by atoms with E-state index in [2.05, 4.69) is 73.0 Å². The Bertz CT molecular complexity index is 1250. The van der Waals surface area contributed by atoms with E-state index < -0.39 is 0 Å². The van der Waals surface area contributed by atoms with Crippen LogP contribution in [0.5, 0.6) is 0 Å². The van der Waals surface area contributed by atoms with Crippen LogP contribution >= 0.6 is 0 Å². The van der Waals surface area contributed by atoms with Crippen molar-refractivity contribution in [3.63, 3.8) is 0 Å². The second-order valence-electron chi connectivity index (χ2n) is 12.5. The zero-order valence-corrected chi connectivity index (χ0v) is 21.3. The minimum absolute atomic E-state index is 0.0344. The van der Waals surface area contributed by atoms with Crippen LogP contribution in [0.3, 0.4) is 0 Å². The Hall–Kier alpha value is -2.88. The standard InChI is InChI=1S/C32H36N2O2/c1-31-16-14-26-24(18-33-28-17-19(35)13-15-32(26,28)2)25(31)11-12-27(31)30(36)34-29-22-9-5-3-7-20(22)21-8-4-6-10-23(21)29/h3-10,17,24-27,29,33H,11-16,18H2,1-2H3,(H,34,36)/t24-,25-,26-,27+,31-,32+/m0/s1. The van der Waals surface area contributed by atoms with Crippen LogP contribution in [-0.2, 0) is 9.59 Å². The molecule has 36 heavy (non-hydrogen) atoms. The van der Waals surface area contributed by atoms with Crippen LogP contribution in [0.1, 0.15) is 69.5 Å². The molecule has 4 heteroatoms. The summed E-state index contributed by atoms with van der Waals surface area (Å²) in [6.45, 7) is 5.73. The first kappa shape index (κ1) is 22.3. The molecule has 2 aromatic carbocycles. The summed E-state index contributed by atoms with van der Waals surface area (Å²) in [5, 5.41) is 7.21. The number of ketones is 1. The third-order valence-electron chi connectivity index (χ3n) is 11.0. The summed E-state index contributed by atoms with van der Waals surface area (Å²) in [7, 11) is 0. The number of amides is 1. The highest BCUT2D eigenvalue weighted by Crippen LogP contribution is 2.64. The van der Waals surface area contributed by atoms with Crippen molar-refractivity contribution < 1.29 is 9.59 Å². The van der Waals surface area contributed by atoms with Gasteiger partial charge in [0.2, 0.25) is 5.91 Å². The predicted octanol–water partition coefficient (Wildman–Crippen LogP) is 5.79. The van der Waals surface area contributed by atoms with Gasteiger partial charge in [0.25, 0.3) is 0 Å². The normalized spacial score (nSPS) is 36.5. The van der Waals surface area contributed by atoms with Gasteiger partial charge in [-0.05, 0) is 77.5 Å². The molecule has 5 aliphatic rings. The summed E-state index contributed by atoms with van der Waals surface area (Å²) < 4.78 is 0. The number of hydrogen-bond donors (Lipinski definition) is 2. The highest BCUT2D eigenvalue weighted by molar-refractivity contribution is 5.91. The van der Waals surface area contributed by atoms with E-state index >= 15 is 0 Å². The Morgan fingerprint density at radius 2 is 1.61 bits per heavy atom. The number of allylic oxidation sites excluding steroid dienone is 2. The SMILES string of the molecule is C[C@]12CC[C@H]3[C@@H](CNC4=CC(=O)CC[C@@]43C)[C@@H]1CC[C@@H]2C(=O)NC1c2ccccc2-c2ccccc21. The van der Waals surface area contributed by atoms with E-state index in [9.17, 15) is 9.59 Å². The maximum Gasteiger partial charge on any atom is 0.224 e. The lowest BCUT2D eigenvalue weighted by Gasteiger charge is -2.58. The first-order chi connectivity index (χ1) is 17.4. The molecule has 0 unspecified atom stereocenters.